The maximum Gasteiger partial charge on any atom is 0.274 e. The van der Waals surface area contributed by atoms with Gasteiger partial charge in [-0.1, -0.05) is 42.5 Å². The topological polar surface area (TPSA) is 58.1 Å². The molecule has 0 atom stereocenters. The van der Waals surface area contributed by atoms with E-state index in [1.54, 1.807) is 6.07 Å². The van der Waals surface area contributed by atoms with Gasteiger partial charge in [0.25, 0.3) is 5.91 Å². The van der Waals surface area contributed by atoms with E-state index in [-0.39, 0.29) is 5.91 Å². The number of carbonyl (C=O) groups excluding carboxylic acids is 1. The average molecular weight is 358 g/mol. The maximum absolute atomic E-state index is 12.7. The van der Waals surface area contributed by atoms with E-state index in [4.69, 9.17) is 0 Å². The lowest BCUT2D eigenvalue weighted by Gasteiger charge is -2.29. The SMILES string of the molecule is Cc1cc(C(=O)Nc2ccccc2C)nc(N2CCc3ccccc3C2)n1. The predicted molar refractivity (Wildman–Crippen MR) is 107 cm³/mol. The van der Waals surface area contributed by atoms with Crippen LogP contribution in [0, 0.1) is 13.8 Å². The number of carbonyl (C=O) groups is 1. The van der Waals surface area contributed by atoms with Gasteiger partial charge < -0.3 is 10.2 Å². The second kappa shape index (κ2) is 7.19. The Morgan fingerprint density at radius 3 is 2.56 bits per heavy atom. The number of nitrogens with one attached hydrogen (secondary N) is 1. The normalized spacial score (nSPS) is 13.2. The highest BCUT2D eigenvalue weighted by molar-refractivity contribution is 6.03. The van der Waals surface area contributed by atoms with Gasteiger partial charge in [-0.15, -0.1) is 0 Å². The third-order valence-electron chi connectivity index (χ3n) is 4.88. The van der Waals surface area contributed by atoms with Crippen LogP contribution in [0.2, 0.25) is 0 Å². The van der Waals surface area contributed by atoms with E-state index in [1.165, 1.54) is 11.1 Å². The van der Waals surface area contributed by atoms with Crippen LogP contribution >= 0.6 is 0 Å². The summed E-state index contributed by atoms with van der Waals surface area (Å²) in [4.78, 5) is 24.0. The first-order chi connectivity index (χ1) is 13.1. The van der Waals surface area contributed by atoms with Crippen molar-refractivity contribution in [3.8, 4) is 0 Å². The molecule has 0 aliphatic carbocycles. The van der Waals surface area contributed by atoms with Crippen LogP contribution in [0.5, 0.6) is 0 Å². The van der Waals surface area contributed by atoms with Crippen molar-refractivity contribution >= 4 is 17.5 Å². The summed E-state index contributed by atoms with van der Waals surface area (Å²) < 4.78 is 0. The molecule has 2 heterocycles. The van der Waals surface area contributed by atoms with Gasteiger partial charge >= 0.3 is 0 Å². The largest absolute Gasteiger partial charge is 0.336 e. The Labute approximate surface area is 159 Å². The van der Waals surface area contributed by atoms with Crippen LogP contribution in [0.3, 0.4) is 0 Å². The highest BCUT2D eigenvalue weighted by Gasteiger charge is 2.20. The average Bonchev–Trinajstić information content (AvgIpc) is 2.69. The van der Waals surface area contributed by atoms with Gasteiger partial charge in [-0.25, -0.2) is 9.97 Å². The van der Waals surface area contributed by atoms with E-state index in [0.717, 1.165) is 36.5 Å². The first kappa shape index (κ1) is 17.2. The molecule has 0 saturated heterocycles. The van der Waals surface area contributed by atoms with Crippen molar-refractivity contribution in [2.24, 2.45) is 0 Å². The highest BCUT2D eigenvalue weighted by atomic mass is 16.1. The minimum absolute atomic E-state index is 0.214. The standard InChI is InChI=1S/C22H22N4O/c1-15-7-3-6-10-19(15)24-21(27)20-13-16(2)23-22(25-20)26-12-11-17-8-4-5-9-18(17)14-26/h3-10,13H,11-12,14H2,1-2H3,(H,24,27). The summed E-state index contributed by atoms with van der Waals surface area (Å²) in [5.74, 6) is 0.396. The molecule has 0 spiro atoms. The number of fused-ring (bicyclic) bond motifs is 1. The first-order valence-electron chi connectivity index (χ1n) is 9.14. The number of benzene rings is 2. The molecule has 1 N–H and O–H groups in total. The van der Waals surface area contributed by atoms with E-state index in [2.05, 4.69) is 44.5 Å². The summed E-state index contributed by atoms with van der Waals surface area (Å²) in [5, 5.41) is 2.95. The van der Waals surface area contributed by atoms with Crippen LogP contribution < -0.4 is 10.2 Å². The number of nitrogens with zero attached hydrogens (tertiary/aromatic N) is 3. The molecule has 1 aliphatic heterocycles. The molecular formula is C22H22N4O. The Hall–Kier alpha value is -3.21. The second-order valence-electron chi connectivity index (χ2n) is 6.90. The van der Waals surface area contributed by atoms with Crippen LogP contribution in [-0.4, -0.2) is 22.4 Å². The Morgan fingerprint density at radius 2 is 1.74 bits per heavy atom. The minimum atomic E-state index is -0.214. The van der Waals surface area contributed by atoms with E-state index < -0.39 is 0 Å². The van der Waals surface area contributed by atoms with Crippen molar-refractivity contribution in [2.75, 3.05) is 16.8 Å². The molecule has 1 aliphatic rings. The fraction of sp³-hybridized carbons (Fsp3) is 0.227. The Bertz CT molecular complexity index is 999. The number of anilines is 2. The number of hydrogen-bond acceptors (Lipinski definition) is 4. The second-order valence-corrected chi connectivity index (χ2v) is 6.90. The molecule has 5 heteroatoms. The highest BCUT2D eigenvalue weighted by Crippen LogP contribution is 2.23. The molecule has 1 aromatic heterocycles. The number of rotatable bonds is 3. The van der Waals surface area contributed by atoms with Crippen LogP contribution in [-0.2, 0) is 13.0 Å². The van der Waals surface area contributed by atoms with Gasteiger partial charge in [0.2, 0.25) is 5.95 Å². The lowest BCUT2D eigenvalue weighted by atomic mass is 10.0. The number of aromatic nitrogens is 2. The van der Waals surface area contributed by atoms with Gasteiger partial charge in [-0.05, 0) is 49.1 Å². The number of para-hydroxylation sites is 1. The molecule has 0 unspecified atom stereocenters. The summed E-state index contributed by atoms with van der Waals surface area (Å²) in [5.41, 5.74) is 5.66. The van der Waals surface area contributed by atoms with Crippen molar-refractivity contribution in [1.29, 1.82) is 0 Å². The zero-order chi connectivity index (χ0) is 18.8. The zero-order valence-electron chi connectivity index (χ0n) is 15.6. The van der Waals surface area contributed by atoms with E-state index in [1.807, 2.05) is 38.1 Å². The molecule has 4 rings (SSSR count). The third kappa shape index (κ3) is 3.67. The van der Waals surface area contributed by atoms with Gasteiger partial charge in [0.05, 0.1) is 0 Å². The number of amides is 1. The van der Waals surface area contributed by atoms with Gasteiger partial charge in [0.1, 0.15) is 5.69 Å². The van der Waals surface area contributed by atoms with Crippen molar-refractivity contribution < 1.29 is 4.79 Å². The van der Waals surface area contributed by atoms with Gasteiger partial charge in [0.15, 0.2) is 0 Å². The summed E-state index contributed by atoms with van der Waals surface area (Å²) >= 11 is 0. The maximum atomic E-state index is 12.7. The molecule has 1 amide bonds. The monoisotopic (exact) mass is 358 g/mol. The molecule has 0 saturated carbocycles. The van der Waals surface area contributed by atoms with Gasteiger partial charge in [0, 0.05) is 24.5 Å². The molecule has 136 valence electrons. The molecule has 5 nitrogen and oxygen atoms in total. The molecule has 27 heavy (non-hydrogen) atoms. The fourth-order valence-corrected chi connectivity index (χ4v) is 3.38. The van der Waals surface area contributed by atoms with Gasteiger partial charge in [-0.2, -0.15) is 0 Å². The van der Waals surface area contributed by atoms with Crippen molar-refractivity contribution in [3.05, 3.63) is 82.7 Å². The molecule has 0 fully saturated rings. The van der Waals surface area contributed by atoms with Crippen LogP contribution in [0.1, 0.15) is 32.9 Å². The number of aryl methyl sites for hydroxylation is 2. The summed E-state index contributed by atoms with van der Waals surface area (Å²) in [6.45, 7) is 5.48. The van der Waals surface area contributed by atoms with Crippen LogP contribution in [0.4, 0.5) is 11.6 Å². The smallest absolute Gasteiger partial charge is 0.274 e. The Morgan fingerprint density at radius 1 is 1.00 bits per heavy atom. The Kier molecular flexibility index (Phi) is 4.59. The van der Waals surface area contributed by atoms with Crippen molar-refractivity contribution in [2.45, 2.75) is 26.8 Å². The van der Waals surface area contributed by atoms with Crippen LogP contribution in [0.25, 0.3) is 0 Å². The molecular weight excluding hydrogens is 336 g/mol. The third-order valence-corrected chi connectivity index (χ3v) is 4.88. The Balaban J connectivity index is 1.59. The quantitative estimate of drug-likeness (QED) is 0.771. The zero-order valence-corrected chi connectivity index (χ0v) is 15.6. The molecule has 0 radical (unpaired) electrons. The minimum Gasteiger partial charge on any atom is -0.336 e. The summed E-state index contributed by atoms with van der Waals surface area (Å²) in [7, 11) is 0. The van der Waals surface area contributed by atoms with Crippen molar-refractivity contribution in [3.63, 3.8) is 0 Å². The first-order valence-corrected chi connectivity index (χ1v) is 9.14. The van der Waals surface area contributed by atoms with E-state index in [9.17, 15) is 4.79 Å². The number of hydrogen-bond donors (Lipinski definition) is 1. The predicted octanol–water partition coefficient (Wildman–Crippen LogP) is 3.91. The fourth-order valence-electron chi connectivity index (χ4n) is 3.38. The van der Waals surface area contributed by atoms with Gasteiger partial charge in [-0.3, -0.25) is 4.79 Å². The van der Waals surface area contributed by atoms with E-state index >= 15 is 0 Å². The summed E-state index contributed by atoms with van der Waals surface area (Å²) in [6.07, 6.45) is 0.957. The summed E-state index contributed by atoms with van der Waals surface area (Å²) in [6, 6.07) is 17.9. The lowest BCUT2D eigenvalue weighted by molar-refractivity contribution is 0.102. The van der Waals surface area contributed by atoms with Crippen molar-refractivity contribution in [1.82, 2.24) is 9.97 Å². The molecule has 3 aromatic rings. The molecule has 2 aromatic carbocycles. The van der Waals surface area contributed by atoms with Crippen LogP contribution in [0.15, 0.2) is 54.6 Å². The molecule has 0 bridgehead atoms. The lowest BCUT2D eigenvalue weighted by Crippen LogP contribution is -2.32. The van der Waals surface area contributed by atoms with E-state index in [0.29, 0.717) is 11.6 Å².